The summed E-state index contributed by atoms with van der Waals surface area (Å²) in [6.07, 6.45) is 1.46. The van der Waals surface area contributed by atoms with Gasteiger partial charge in [0.25, 0.3) is 0 Å². The van der Waals surface area contributed by atoms with Crippen molar-refractivity contribution in [2.45, 2.75) is 13.5 Å². The lowest BCUT2D eigenvalue weighted by Crippen LogP contribution is -2.10. The van der Waals surface area contributed by atoms with Gasteiger partial charge in [-0.15, -0.1) is 0 Å². The van der Waals surface area contributed by atoms with Crippen LogP contribution in [0.3, 0.4) is 0 Å². The molecular formula is C14H16N4O. The predicted octanol–water partition coefficient (Wildman–Crippen LogP) is 2.26. The van der Waals surface area contributed by atoms with E-state index in [1.165, 1.54) is 17.7 Å². The number of aryl methyl sites for hydroxylation is 1. The summed E-state index contributed by atoms with van der Waals surface area (Å²) in [7, 11) is 3.91. The molecule has 98 valence electrons. The third kappa shape index (κ3) is 1.92. The molecule has 0 saturated carbocycles. The molecule has 1 aromatic carbocycles. The highest BCUT2D eigenvalue weighted by molar-refractivity contribution is 5.79. The normalized spacial score (nSPS) is 11.3. The predicted molar refractivity (Wildman–Crippen MR) is 73.7 cm³/mol. The van der Waals surface area contributed by atoms with Crippen molar-refractivity contribution in [2.24, 2.45) is 7.05 Å². The molecule has 3 aromatic rings. The molecule has 3 rings (SSSR count). The summed E-state index contributed by atoms with van der Waals surface area (Å²) in [5, 5.41) is 7.77. The summed E-state index contributed by atoms with van der Waals surface area (Å²) in [5.41, 5.74) is 6.09. The summed E-state index contributed by atoms with van der Waals surface area (Å²) < 4.78 is 7.27. The molecule has 1 N–H and O–H groups in total. The van der Waals surface area contributed by atoms with Gasteiger partial charge in [-0.1, -0.05) is 6.07 Å². The van der Waals surface area contributed by atoms with Gasteiger partial charge in [-0.25, -0.2) is 4.98 Å². The monoisotopic (exact) mass is 256 g/mol. The molecule has 0 atom stereocenters. The van der Waals surface area contributed by atoms with E-state index in [2.05, 4.69) is 22.3 Å². The number of hydrogen-bond acceptors (Lipinski definition) is 4. The van der Waals surface area contributed by atoms with E-state index in [-0.39, 0.29) is 0 Å². The fourth-order valence-electron chi connectivity index (χ4n) is 2.36. The van der Waals surface area contributed by atoms with Gasteiger partial charge in [0.15, 0.2) is 12.0 Å². The van der Waals surface area contributed by atoms with Crippen LogP contribution in [0.25, 0.3) is 22.4 Å². The van der Waals surface area contributed by atoms with Crippen LogP contribution in [-0.2, 0) is 13.6 Å². The zero-order chi connectivity index (χ0) is 13.4. The highest BCUT2D eigenvalue weighted by Crippen LogP contribution is 2.27. The summed E-state index contributed by atoms with van der Waals surface area (Å²) in [5.74, 6) is 0. The van der Waals surface area contributed by atoms with Crippen LogP contribution in [0.4, 0.5) is 0 Å². The zero-order valence-corrected chi connectivity index (χ0v) is 11.3. The van der Waals surface area contributed by atoms with Crippen molar-refractivity contribution in [1.29, 1.82) is 0 Å². The number of fused-ring (bicyclic) bond motifs is 1. The summed E-state index contributed by atoms with van der Waals surface area (Å²) in [4.78, 5) is 4.13. The second kappa shape index (κ2) is 4.51. The first-order valence-electron chi connectivity index (χ1n) is 6.21. The van der Waals surface area contributed by atoms with E-state index in [0.29, 0.717) is 0 Å². The third-order valence-electron chi connectivity index (χ3n) is 3.38. The summed E-state index contributed by atoms with van der Waals surface area (Å²) >= 11 is 0. The van der Waals surface area contributed by atoms with Crippen LogP contribution in [0.1, 0.15) is 11.3 Å². The Morgan fingerprint density at radius 2 is 2.21 bits per heavy atom. The first kappa shape index (κ1) is 11.9. The van der Waals surface area contributed by atoms with Crippen LogP contribution >= 0.6 is 0 Å². The molecule has 2 heterocycles. The number of nitrogens with one attached hydrogen (secondary N) is 1. The number of aromatic nitrogens is 3. The minimum absolute atomic E-state index is 0.790. The Hall–Kier alpha value is -2.14. The first-order valence-corrected chi connectivity index (χ1v) is 6.21. The van der Waals surface area contributed by atoms with Gasteiger partial charge in [0, 0.05) is 19.2 Å². The van der Waals surface area contributed by atoms with Crippen LogP contribution < -0.4 is 5.32 Å². The third-order valence-corrected chi connectivity index (χ3v) is 3.38. The molecule has 5 heteroatoms. The number of nitrogens with zero attached hydrogens (tertiary/aromatic N) is 3. The zero-order valence-electron chi connectivity index (χ0n) is 11.3. The van der Waals surface area contributed by atoms with Gasteiger partial charge in [0.05, 0.1) is 11.4 Å². The fraction of sp³-hybridized carbons (Fsp3) is 0.286. The van der Waals surface area contributed by atoms with Gasteiger partial charge >= 0.3 is 0 Å². The lowest BCUT2D eigenvalue weighted by Gasteiger charge is -2.01. The van der Waals surface area contributed by atoms with E-state index in [0.717, 1.165) is 28.9 Å². The van der Waals surface area contributed by atoms with Gasteiger partial charge < -0.3 is 9.73 Å². The van der Waals surface area contributed by atoms with Crippen molar-refractivity contribution in [3.05, 3.63) is 35.9 Å². The molecular weight excluding hydrogens is 240 g/mol. The fourth-order valence-corrected chi connectivity index (χ4v) is 2.36. The number of hydrogen-bond donors (Lipinski definition) is 1. The minimum atomic E-state index is 0.790. The Balaban J connectivity index is 2.12. The average Bonchev–Trinajstić information content (AvgIpc) is 2.97. The molecule has 0 aliphatic heterocycles. The Bertz CT molecular complexity index is 726. The van der Waals surface area contributed by atoms with E-state index >= 15 is 0 Å². The van der Waals surface area contributed by atoms with E-state index in [9.17, 15) is 0 Å². The molecule has 0 aliphatic carbocycles. The van der Waals surface area contributed by atoms with Crippen LogP contribution in [0.5, 0.6) is 0 Å². The molecule has 19 heavy (non-hydrogen) atoms. The van der Waals surface area contributed by atoms with Gasteiger partial charge in [-0.05, 0) is 31.7 Å². The Morgan fingerprint density at radius 3 is 3.00 bits per heavy atom. The molecule has 0 spiro atoms. The van der Waals surface area contributed by atoms with Crippen molar-refractivity contribution >= 4 is 11.1 Å². The first-order chi connectivity index (χ1) is 9.20. The van der Waals surface area contributed by atoms with Crippen molar-refractivity contribution in [2.75, 3.05) is 7.05 Å². The molecule has 0 radical (unpaired) electrons. The van der Waals surface area contributed by atoms with Gasteiger partial charge in [-0.3, -0.25) is 4.68 Å². The summed E-state index contributed by atoms with van der Waals surface area (Å²) in [6, 6.07) is 5.98. The van der Waals surface area contributed by atoms with Crippen molar-refractivity contribution in [3.8, 4) is 11.3 Å². The van der Waals surface area contributed by atoms with E-state index < -0.39 is 0 Å². The molecule has 0 bridgehead atoms. The largest absolute Gasteiger partial charge is 0.443 e. The Labute approximate surface area is 111 Å². The lowest BCUT2D eigenvalue weighted by molar-refractivity contribution is 0.602. The van der Waals surface area contributed by atoms with Crippen molar-refractivity contribution in [3.63, 3.8) is 0 Å². The van der Waals surface area contributed by atoms with Gasteiger partial charge in [-0.2, -0.15) is 5.10 Å². The molecule has 0 fully saturated rings. The quantitative estimate of drug-likeness (QED) is 0.781. The molecule has 0 aliphatic rings. The Kier molecular flexibility index (Phi) is 2.83. The minimum Gasteiger partial charge on any atom is -0.443 e. The summed E-state index contributed by atoms with van der Waals surface area (Å²) in [6.45, 7) is 2.90. The maximum Gasteiger partial charge on any atom is 0.181 e. The highest BCUT2D eigenvalue weighted by Gasteiger charge is 2.14. The second-order valence-electron chi connectivity index (χ2n) is 4.61. The van der Waals surface area contributed by atoms with Crippen molar-refractivity contribution < 1.29 is 4.42 Å². The molecule has 0 amide bonds. The Morgan fingerprint density at radius 1 is 1.37 bits per heavy atom. The van der Waals surface area contributed by atoms with Crippen molar-refractivity contribution in [1.82, 2.24) is 20.1 Å². The van der Waals surface area contributed by atoms with E-state index in [1.54, 1.807) is 0 Å². The van der Waals surface area contributed by atoms with Gasteiger partial charge in [0.2, 0.25) is 0 Å². The van der Waals surface area contributed by atoms with Crippen LogP contribution in [0.2, 0.25) is 0 Å². The van der Waals surface area contributed by atoms with E-state index in [4.69, 9.17) is 4.42 Å². The second-order valence-corrected chi connectivity index (χ2v) is 4.61. The molecule has 0 unspecified atom stereocenters. The smallest absolute Gasteiger partial charge is 0.181 e. The standard InChI is InChI=1S/C14H16N4O/c1-9-12(7-15-2)18(3)17-14(9)10-4-5-11-13(6-10)19-8-16-11/h4-6,8,15H,7H2,1-3H3. The van der Waals surface area contributed by atoms with Gasteiger partial charge in [0.1, 0.15) is 5.52 Å². The molecule has 0 saturated heterocycles. The maximum absolute atomic E-state index is 5.35. The highest BCUT2D eigenvalue weighted by atomic mass is 16.3. The average molecular weight is 256 g/mol. The van der Waals surface area contributed by atoms with Crippen LogP contribution in [-0.4, -0.2) is 21.8 Å². The number of oxazole rings is 1. The molecule has 2 aromatic heterocycles. The van der Waals surface area contributed by atoms with Crippen LogP contribution in [0.15, 0.2) is 29.0 Å². The SMILES string of the molecule is CNCc1c(C)c(-c2ccc3ncoc3c2)nn1C. The molecule has 5 nitrogen and oxygen atoms in total. The maximum atomic E-state index is 5.35. The topological polar surface area (TPSA) is 55.9 Å². The number of rotatable bonds is 3. The number of benzene rings is 1. The van der Waals surface area contributed by atoms with Crippen LogP contribution in [0, 0.1) is 6.92 Å². The van der Waals surface area contributed by atoms with E-state index in [1.807, 2.05) is 37.0 Å². The lowest BCUT2D eigenvalue weighted by atomic mass is 10.1.